The number of nitrogens with zero attached hydrogens (tertiary/aromatic N) is 1. The summed E-state index contributed by atoms with van der Waals surface area (Å²) in [6.07, 6.45) is 5.13. The van der Waals surface area contributed by atoms with E-state index in [1.807, 2.05) is 6.92 Å². The van der Waals surface area contributed by atoms with Gasteiger partial charge in [0.05, 0.1) is 0 Å². The highest BCUT2D eigenvalue weighted by Crippen LogP contribution is 2.28. The van der Waals surface area contributed by atoms with Crippen molar-refractivity contribution in [2.75, 3.05) is 25.4 Å². The number of thioether (sulfide) groups is 1. The zero-order valence-electron chi connectivity index (χ0n) is 13.2. The summed E-state index contributed by atoms with van der Waals surface area (Å²) < 4.78 is 0. The lowest BCUT2D eigenvalue weighted by Crippen LogP contribution is -2.46. The van der Waals surface area contributed by atoms with Crippen LogP contribution < -0.4 is 10.6 Å². The molecule has 3 N–H and O–H groups in total. The van der Waals surface area contributed by atoms with E-state index in [-0.39, 0.29) is 12.5 Å². The minimum absolute atomic E-state index is 0.196. The summed E-state index contributed by atoms with van der Waals surface area (Å²) in [7, 11) is 0. The molecule has 4 nitrogen and oxygen atoms in total. The quantitative estimate of drug-likeness (QED) is 0.498. The van der Waals surface area contributed by atoms with E-state index in [1.54, 1.807) is 0 Å². The molecule has 0 spiro atoms. The molecule has 0 radical (unpaired) electrons. The van der Waals surface area contributed by atoms with Crippen molar-refractivity contribution in [2.24, 2.45) is 10.9 Å². The van der Waals surface area contributed by atoms with Gasteiger partial charge in [-0.1, -0.05) is 20.3 Å². The molecule has 118 valence electrons. The van der Waals surface area contributed by atoms with Gasteiger partial charge in [0, 0.05) is 31.0 Å². The number of aliphatic hydroxyl groups excluding tert-OH is 1. The molecule has 0 amide bonds. The first-order chi connectivity index (χ1) is 9.69. The van der Waals surface area contributed by atoms with Crippen LogP contribution in [0.5, 0.6) is 0 Å². The van der Waals surface area contributed by atoms with Crippen LogP contribution in [0.15, 0.2) is 4.99 Å². The van der Waals surface area contributed by atoms with Gasteiger partial charge in [-0.15, -0.1) is 0 Å². The van der Waals surface area contributed by atoms with E-state index in [1.165, 1.54) is 31.4 Å². The van der Waals surface area contributed by atoms with Gasteiger partial charge in [-0.3, -0.25) is 4.99 Å². The van der Waals surface area contributed by atoms with Gasteiger partial charge in [0.15, 0.2) is 5.96 Å². The number of hydrogen-bond acceptors (Lipinski definition) is 3. The summed E-state index contributed by atoms with van der Waals surface area (Å²) >= 11 is 2.08. The SMILES string of the molecule is CCNC(=NCC(C)CO)NC1CCCC(SCC)C1. The Hall–Kier alpha value is -0.420. The second kappa shape index (κ2) is 10.3. The first-order valence-corrected chi connectivity index (χ1v) is 9.01. The van der Waals surface area contributed by atoms with E-state index < -0.39 is 0 Å². The highest BCUT2D eigenvalue weighted by Gasteiger charge is 2.22. The van der Waals surface area contributed by atoms with Crippen LogP contribution in [0.2, 0.25) is 0 Å². The lowest BCUT2D eigenvalue weighted by Gasteiger charge is -2.30. The van der Waals surface area contributed by atoms with Gasteiger partial charge in [0.2, 0.25) is 0 Å². The topological polar surface area (TPSA) is 56.7 Å². The van der Waals surface area contributed by atoms with Crippen LogP contribution >= 0.6 is 11.8 Å². The van der Waals surface area contributed by atoms with E-state index in [9.17, 15) is 0 Å². The fraction of sp³-hybridized carbons (Fsp3) is 0.933. The number of rotatable bonds is 7. The van der Waals surface area contributed by atoms with Crippen molar-refractivity contribution in [2.45, 2.75) is 57.7 Å². The number of aliphatic imine (C=N–C) groups is 1. The van der Waals surface area contributed by atoms with Crippen LogP contribution in [0.3, 0.4) is 0 Å². The highest BCUT2D eigenvalue weighted by molar-refractivity contribution is 7.99. The summed E-state index contributed by atoms with van der Waals surface area (Å²) in [5.41, 5.74) is 0. The molecule has 1 rings (SSSR count). The average molecular weight is 302 g/mol. The number of aliphatic hydroxyl groups is 1. The molecular formula is C15H31N3OS. The molecule has 1 fully saturated rings. The van der Waals surface area contributed by atoms with Crippen LogP contribution in [0.25, 0.3) is 0 Å². The van der Waals surface area contributed by atoms with Gasteiger partial charge in [0.25, 0.3) is 0 Å². The minimum Gasteiger partial charge on any atom is -0.396 e. The second-order valence-corrected chi connectivity index (χ2v) is 7.17. The molecule has 0 aromatic carbocycles. The molecule has 0 bridgehead atoms. The zero-order chi connectivity index (χ0) is 14.8. The third-order valence-corrected chi connectivity index (χ3v) is 4.82. The van der Waals surface area contributed by atoms with Crippen molar-refractivity contribution >= 4 is 17.7 Å². The molecule has 0 aromatic rings. The van der Waals surface area contributed by atoms with Gasteiger partial charge in [-0.25, -0.2) is 0 Å². The van der Waals surface area contributed by atoms with Crippen molar-refractivity contribution in [1.29, 1.82) is 0 Å². The maximum atomic E-state index is 9.08. The predicted molar refractivity (Wildman–Crippen MR) is 89.5 cm³/mol. The molecule has 3 atom stereocenters. The van der Waals surface area contributed by atoms with E-state index >= 15 is 0 Å². The molecule has 0 heterocycles. The molecule has 3 unspecified atom stereocenters. The lowest BCUT2D eigenvalue weighted by molar-refractivity contribution is 0.241. The highest BCUT2D eigenvalue weighted by atomic mass is 32.2. The Kier molecular flexibility index (Phi) is 9.10. The van der Waals surface area contributed by atoms with Crippen LogP contribution in [0, 0.1) is 5.92 Å². The molecule has 0 aliphatic heterocycles. The van der Waals surface area contributed by atoms with Crippen molar-refractivity contribution < 1.29 is 5.11 Å². The Morgan fingerprint density at radius 1 is 1.40 bits per heavy atom. The fourth-order valence-corrected chi connectivity index (χ4v) is 3.65. The second-order valence-electron chi connectivity index (χ2n) is 5.59. The maximum Gasteiger partial charge on any atom is 0.191 e. The Bertz CT molecular complexity index is 284. The summed E-state index contributed by atoms with van der Waals surface area (Å²) in [5, 5.41) is 16.8. The molecule has 5 heteroatoms. The summed E-state index contributed by atoms with van der Waals surface area (Å²) in [6, 6.07) is 0.537. The van der Waals surface area contributed by atoms with Gasteiger partial charge in [0.1, 0.15) is 0 Å². The Balaban J connectivity index is 2.47. The predicted octanol–water partition coefficient (Wildman–Crippen LogP) is 2.23. The van der Waals surface area contributed by atoms with Gasteiger partial charge < -0.3 is 15.7 Å². The van der Waals surface area contributed by atoms with Crippen molar-refractivity contribution in [3.63, 3.8) is 0 Å². The summed E-state index contributed by atoms with van der Waals surface area (Å²) in [5.74, 6) is 2.33. The molecule has 1 saturated carbocycles. The first-order valence-electron chi connectivity index (χ1n) is 7.96. The normalized spacial score (nSPS) is 25.3. The Labute approximate surface area is 128 Å². The van der Waals surface area contributed by atoms with Gasteiger partial charge >= 0.3 is 0 Å². The molecule has 0 saturated heterocycles. The fourth-order valence-electron chi connectivity index (χ4n) is 2.48. The minimum atomic E-state index is 0.196. The lowest BCUT2D eigenvalue weighted by atomic mass is 9.95. The number of guanidine groups is 1. The van der Waals surface area contributed by atoms with Crippen LogP contribution in [0.4, 0.5) is 0 Å². The van der Waals surface area contributed by atoms with Crippen molar-refractivity contribution in [3.05, 3.63) is 0 Å². The van der Waals surface area contributed by atoms with Crippen molar-refractivity contribution in [3.8, 4) is 0 Å². The van der Waals surface area contributed by atoms with Gasteiger partial charge in [-0.2, -0.15) is 11.8 Å². The average Bonchev–Trinajstić information content (AvgIpc) is 2.45. The first kappa shape index (κ1) is 17.6. The number of nitrogens with one attached hydrogen (secondary N) is 2. The molecule has 20 heavy (non-hydrogen) atoms. The van der Waals surface area contributed by atoms with Crippen LogP contribution in [-0.4, -0.2) is 47.8 Å². The van der Waals surface area contributed by atoms with E-state index in [4.69, 9.17) is 5.11 Å². The Morgan fingerprint density at radius 2 is 2.20 bits per heavy atom. The van der Waals surface area contributed by atoms with E-state index in [0.717, 1.165) is 17.8 Å². The summed E-state index contributed by atoms with van der Waals surface area (Å²) in [6.45, 7) is 8.08. The van der Waals surface area contributed by atoms with Crippen LogP contribution in [-0.2, 0) is 0 Å². The molecule has 0 aromatic heterocycles. The third kappa shape index (κ3) is 6.84. The largest absolute Gasteiger partial charge is 0.396 e. The van der Waals surface area contributed by atoms with Crippen LogP contribution in [0.1, 0.15) is 46.5 Å². The third-order valence-electron chi connectivity index (χ3n) is 3.59. The standard InChI is InChI=1S/C15H31N3OS/c1-4-16-15(17-10-12(3)11-19)18-13-7-6-8-14(9-13)20-5-2/h12-14,19H,4-11H2,1-3H3,(H2,16,17,18). The molecular weight excluding hydrogens is 270 g/mol. The van der Waals surface area contributed by atoms with E-state index in [2.05, 4.69) is 41.2 Å². The number of hydrogen-bond donors (Lipinski definition) is 3. The zero-order valence-corrected chi connectivity index (χ0v) is 14.0. The van der Waals surface area contributed by atoms with E-state index in [0.29, 0.717) is 12.6 Å². The monoisotopic (exact) mass is 301 g/mol. The molecule has 1 aliphatic carbocycles. The van der Waals surface area contributed by atoms with Gasteiger partial charge in [-0.05, 0) is 37.9 Å². The summed E-state index contributed by atoms with van der Waals surface area (Å²) in [4.78, 5) is 4.58. The Morgan fingerprint density at radius 3 is 2.85 bits per heavy atom. The molecule has 1 aliphatic rings. The maximum absolute atomic E-state index is 9.08. The van der Waals surface area contributed by atoms with Crippen molar-refractivity contribution in [1.82, 2.24) is 10.6 Å². The smallest absolute Gasteiger partial charge is 0.191 e.